The third kappa shape index (κ3) is 5.45. The molecule has 0 radical (unpaired) electrons. The average Bonchev–Trinajstić information content (AvgIpc) is 3.24. The highest BCUT2D eigenvalue weighted by Crippen LogP contribution is 2.31. The Balaban J connectivity index is 1.32. The van der Waals surface area contributed by atoms with Crippen LogP contribution in [0.4, 0.5) is 4.39 Å². The summed E-state index contributed by atoms with van der Waals surface area (Å²) in [6.07, 6.45) is 5.03. The van der Waals surface area contributed by atoms with Gasteiger partial charge in [0.25, 0.3) is 5.91 Å². The molecule has 0 unspecified atom stereocenters. The highest BCUT2D eigenvalue weighted by molar-refractivity contribution is 7.17. The average molecular weight is 467 g/mol. The van der Waals surface area contributed by atoms with E-state index in [-0.39, 0.29) is 29.5 Å². The van der Waals surface area contributed by atoms with Crippen molar-refractivity contribution in [2.45, 2.75) is 33.2 Å². The van der Waals surface area contributed by atoms with Gasteiger partial charge in [-0.25, -0.2) is 9.37 Å². The highest BCUT2D eigenvalue weighted by atomic mass is 32.1. The first kappa shape index (κ1) is 23.0. The second-order valence-electron chi connectivity index (χ2n) is 8.44. The minimum Gasteiger partial charge on any atom is -0.352 e. The summed E-state index contributed by atoms with van der Waals surface area (Å²) in [5.41, 5.74) is 2.46. The molecule has 0 bridgehead atoms. The van der Waals surface area contributed by atoms with Crippen LogP contribution >= 0.6 is 11.3 Å². The van der Waals surface area contributed by atoms with Crippen LogP contribution in [0.2, 0.25) is 0 Å². The second kappa shape index (κ2) is 10.2. The number of aromatic nitrogens is 2. The Morgan fingerprint density at radius 2 is 1.94 bits per heavy atom. The second-order valence-corrected chi connectivity index (χ2v) is 9.44. The Morgan fingerprint density at radius 3 is 2.61 bits per heavy atom. The number of hydrogen-bond acceptors (Lipinski definition) is 5. The monoisotopic (exact) mass is 466 g/mol. The van der Waals surface area contributed by atoms with E-state index in [1.165, 1.54) is 23.5 Å². The number of aryl methyl sites for hydroxylation is 1. The van der Waals surface area contributed by atoms with Crippen LogP contribution in [0.25, 0.3) is 10.6 Å². The molecule has 172 valence electrons. The molecule has 4 rings (SSSR count). The first-order valence-corrected chi connectivity index (χ1v) is 11.9. The van der Waals surface area contributed by atoms with Crippen LogP contribution in [0.3, 0.4) is 0 Å². The normalized spacial score (nSPS) is 15.3. The summed E-state index contributed by atoms with van der Waals surface area (Å²) in [7, 11) is 0. The molecule has 0 saturated carbocycles. The molecular formula is C25H27FN4O2S. The number of nitrogens with zero attached hydrogens (tertiary/aromatic N) is 3. The Labute approximate surface area is 196 Å². The molecule has 0 aliphatic carbocycles. The highest BCUT2D eigenvalue weighted by Gasteiger charge is 2.31. The molecule has 2 aromatic heterocycles. The van der Waals surface area contributed by atoms with E-state index in [0.717, 1.165) is 24.0 Å². The van der Waals surface area contributed by atoms with E-state index < -0.39 is 0 Å². The van der Waals surface area contributed by atoms with Gasteiger partial charge < -0.3 is 10.2 Å². The smallest absolute Gasteiger partial charge is 0.265 e. The van der Waals surface area contributed by atoms with Gasteiger partial charge in [-0.1, -0.05) is 13.0 Å². The molecule has 6 nitrogen and oxygen atoms in total. The molecule has 1 saturated heterocycles. The summed E-state index contributed by atoms with van der Waals surface area (Å²) in [4.78, 5) is 36.8. The van der Waals surface area contributed by atoms with Gasteiger partial charge in [0, 0.05) is 43.5 Å². The van der Waals surface area contributed by atoms with E-state index in [9.17, 15) is 14.0 Å². The lowest BCUT2D eigenvalue weighted by Gasteiger charge is -2.34. The number of benzene rings is 1. The molecule has 0 spiro atoms. The molecule has 33 heavy (non-hydrogen) atoms. The van der Waals surface area contributed by atoms with Crippen molar-refractivity contribution in [1.29, 1.82) is 0 Å². The lowest BCUT2D eigenvalue weighted by Crippen LogP contribution is -2.42. The predicted molar refractivity (Wildman–Crippen MR) is 126 cm³/mol. The third-order valence-electron chi connectivity index (χ3n) is 6.22. The third-order valence-corrected chi connectivity index (χ3v) is 7.41. The molecule has 1 aliphatic rings. The van der Waals surface area contributed by atoms with Crippen LogP contribution in [0.15, 0.2) is 48.8 Å². The van der Waals surface area contributed by atoms with E-state index in [2.05, 4.69) is 15.3 Å². The summed E-state index contributed by atoms with van der Waals surface area (Å²) in [5.74, 6) is -0.169. The lowest BCUT2D eigenvalue weighted by atomic mass is 9.84. The van der Waals surface area contributed by atoms with Crippen LogP contribution in [-0.2, 0) is 11.3 Å². The molecule has 8 heteroatoms. The topological polar surface area (TPSA) is 75.2 Å². The van der Waals surface area contributed by atoms with Crippen LogP contribution in [0.1, 0.15) is 40.7 Å². The number of carbonyl (C=O) groups is 2. The zero-order valence-corrected chi connectivity index (χ0v) is 19.6. The molecule has 3 aromatic rings. The largest absolute Gasteiger partial charge is 0.352 e. The maximum atomic E-state index is 13.2. The summed E-state index contributed by atoms with van der Waals surface area (Å²) in [5, 5.41) is 3.71. The number of thiazole rings is 1. The Bertz CT molecular complexity index is 1110. The number of hydrogen-bond donors (Lipinski definition) is 1. The van der Waals surface area contributed by atoms with Gasteiger partial charge in [-0.05, 0) is 61.6 Å². The SMILES string of the molecule is Cc1nc(-c2ccc(F)cc2)sc1C(=O)N1CCC([C@@H](C)C(=O)NCc2cccnc2)CC1. The number of carbonyl (C=O) groups excluding carboxylic acids is 2. The molecule has 1 fully saturated rings. The molecule has 2 amide bonds. The van der Waals surface area contributed by atoms with Crippen molar-refractivity contribution in [3.8, 4) is 10.6 Å². The fraction of sp³-hybridized carbons (Fsp3) is 0.360. The number of pyridine rings is 1. The van der Waals surface area contributed by atoms with Crippen LogP contribution in [0.5, 0.6) is 0 Å². The van der Waals surface area contributed by atoms with Gasteiger partial charge in [0.2, 0.25) is 5.91 Å². The summed E-state index contributed by atoms with van der Waals surface area (Å²) in [6.45, 7) is 5.50. The molecule has 1 atom stereocenters. The van der Waals surface area contributed by atoms with Crippen molar-refractivity contribution in [3.63, 3.8) is 0 Å². The molecule has 1 N–H and O–H groups in total. The summed E-state index contributed by atoms with van der Waals surface area (Å²) in [6, 6.07) is 9.93. The first-order valence-electron chi connectivity index (χ1n) is 11.1. The molecule has 1 aromatic carbocycles. The van der Waals surface area contributed by atoms with E-state index >= 15 is 0 Å². The van der Waals surface area contributed by atoms with Crippen molar-refractivity contribution in [3.05, 3.63) is 70.7 Å². The molecule has 3 heterocycles. The van der Waals surface area contributed by atoms with Gasteiger partial charge in [0.05, 0.1) is 5.69 Å². The number of halogens is 1. The van der Waals surface area contributed by atoms with Crippen LogP contribution in [0, 0.1) is 24.6 Å². The van der Waals surface area contributed by atoms with Gasteiger partial charge in [0.15, 0.2) is 0 Å². The van der Waals surface area contributed by atoms with Crippen molar-refractivity contribution in [2.75, 3.05) is 13.1 Å². The van der Waals surface area contributed by atoms with Gasteiger partial charge in [-0.15, -0.1) is 11.3 Å². The van der Waals surface area contributed by atoms with Crippen LogP contribution in [-0.4, -0.2) is 39.8 Å². The summed E-state index contributed by atoms with van der Waals surface area (Å²) >= 11 is 1.34. The minimum absolute atomic E-state index is 0.0227. The lowest BCUT2D eigenvalue weighted by molar-refractivity contribution is -0.126. The number of amides is 2. The number of likely N-dealkylation sites (tertiary alicyclic amines) is 1. The molecule has 1 aliphatic heterocycles. The minimum atomic E-state index is -0.300. The van der Waals surface area contributed by atoms with Crippen molar-refractivity contribution in [2.24, 2.45) is 11.8 Å². The van der Waals surface area contributed by atoms with E-state index in [4.69, 9.17) is 0 Å². The number of piperidine rings is 1. The number of nitrogens with one attached hydrogen (secondary N) is 1. The molecular weight excluding hydrogens is 439 g/mol. The first-order chi connectivity index (χ1) is 15.9. The van der Waals surface area contributed by atoms with Crippen molar-refractivity contribution in [1.82, 2.24) is 20.2 Å². The van der Waals surface area contributed by atoms with Crippen molar-refractivity contribution < 1.29 is 14.0 Å². The van der Waals surface area contributed by atoms with E-state index in [1.54, 1.807) is 24.5 Å². The van der Waals surface area contributed by atoms with E-state index in [0.29, 0.717) is 35.2 Å². The number of rotatable bonds is 6. The zero-order chi connectivity index (χ0) is 23.4. The predicted octanol–water partition coefficient (Wildman–Crippen LogP) is 4.46. The maximum Gasteiger partial charge on any atom is 0.265 e. The van der Waals surface area contributed by atoms with Crippen molar-refractivity contribution >= 4 is 23.2 Å². The van der Waals surface area contributed by atoms with Gasteiger partial charge in [-0.3, -0.25) is 14.6 Å². The standard InChI is InChI=1S/C25H27FN4O2S/c1-16(23(31)28-15-18-4-3-11-27-14-18)19-9-12-30(13-10-19)25(32)22-17(2)29-24(33-22)20-5-7-21(26)8-6-20/h3-8,11,14,16,19H,9-10,12-13,15H2,1-2H3,(H,28,31)/t16-/m1/s1. The Morgan fingerprint density at radius 1 is 1.21 bits per heavy atom. The fourth-order valence-electron chi connectivity index (χ4n) is 4.12. The van der Waals surface area contributed by atoms with E-state index in [1.807, 2.05) is 30.9 Å². The Kier molecular flexibility index (Phi) is 7.13. The van der Waals surface area contributed by atoms with Gasteiger partial charge in [-0.2, -0.15) is 0 Å². The van der Waals surface area contributed by atoms with Crippen LogP contribution < -0.4 is 5.32 Å². The maximum absolute atomic E-state index is 13.2. The Hall–Kier alpha value is -3.13. The fourth-order valence-corrected chi connectivity index (χ4v) is 5.16. The summed E-state index contributed by atoms with van der Waals surface area (Å²) < 4.78 is 13.2. The van der Waals surface area contributed by atoms with Gasteiger partial charge in [0.1, 0.15) is 15.7 Å². The quantitative estimate of drug-likeness (QED) is 0.582. The van der Waals surface area contributed by atoms with Gasteiger partial charge >= 0.3 is 0 Å². The zero-order valence-electron chi connectivity index (χ0n) is 18.8.